The zero-order valence-electron chi connectivity index (χ0n) is 16.0. The van der Waals surface area contributed by atoms with Gasteiger partial charge in [0.2, 0.25) is 5.91 Å². The summed E-state index contributed by atoms with van der Waals surface area (Å²) < 4.78 is 31.8. The smallest absolute Gasteiger partial charge is 0.244 e. The fourth-order valence-corrected chi connectivity index (χ4v) is 3.37. The van der Waals surface area contributed by atoms with Gasteiger partial charge in [-0.1, -0.05) is 11.6 Å². The van der Waals surface area contributed by atoms with Crippen LogP contribution in [0, 0.1) is 24.5 Å². The Morgan fingerprint density at radius 3 is 2.82 bits per heavy atom. The number of nitrogens with zero attached hydrogens (tertiary/aromatic N) is 1. The summed E-state index contributed by atoms with van der Waals surface area (Å²) in [6.45, 7) is 3.96. The Morgan fingerprint density at radius 2 is 2.07 bits per heavy atom. The molecule has 28 heavy (non-hydrogen) atoms. The quantitative estimate of drug-likeness (QED) is 0.765. The molecule has 6 heteroatoms. The fourth-order valence-electron chi connectivity index (χ4n) is 3.37. The molecule has 1 heterocycles. The molecule has 1 atom stereocenters. The fraction of sp³-hybridized carbons (Fsp3) is 0.318. The summed E-state index contributed by atoms with van der Waals surface area (Å²) >= 11 is 0. The summed E-state index contributed by atoms with van der Waals surface area (Å²) in [4.78, 5) is 14.2. The van der Waals surface area contributed by atoms with Crippen molar-refractivity contribution in [3.8, 4) is 5.75 Å². The van der Waals surface area contributed by atoms with Gasteiger partial charge < -0.3 is 15.0 Å². The van der Waals surface area contributed by atoms with E-state index in [0.717, 1.165) is 30.2 Å². The minimum absolute atomic E-state index is 0.171. The molecule has 0 spiro atoms. The average molecular weight is 386 g/mol. The second-order valence-electron chi connectivity index (χ2n) is 7.02. The number of halogens is 2. The summed E-state index contributed by atoms with van der Waals surface area (Å²) in [6, 6.07) is 9.72. The van der Waals surface area contributed by atoms with Gasteiger partial charge in [-0.15, -0.1) is 0 Å². The van der Waals surface area contributed by atoms with Gasteiger partial charge in [-0.2, -0.15) is 0 Å². The van der Waals surface area contributed by atoms with E-state index >= 15 is 0 Å². The SMILES string of the molecule is COc1ccc(C)cc1/C=C/C(=O)NCC1CCN(c2ccc(F)c(F)c2)C1. The van der Waals surface area contributed by atoms with E-state index in [4.69, 9.17) is 4.74 Å². The molecule has 1 unspecified atom stereocenters. The molecule has 2 aromatic carbocycles. The second-order valence-corrected chi connectivity index (χ2v) is 7.02. The Kier molecular flexibility index (Phi) is 6.29. The Hall–Kier alpha value is -2.89. The van der Waals surface area contributed by atoms with Crippen LogP contribution >= 0.6 is 0 Å². The molecular formula is C22H24F2N2O2. The molecule has 1 saturated heterocycles. The van der Waals surface area contributed by atoms with E-state index in [1.165, 1.54) is 12.1 Å². The van der Waals surface area contributed by atoms with Crippen molar-refractivity contribution in [1.29, 1.82) is 0 Å². The van der Waals surface area contributed by atoms with Crippen LogP contribution in [-0.2, 0) is 4.79 Å². The van der Waals surface area contributed by atoms with Gasteiger partial charge in [-0.25, -0.2) is 8.78 Å². The summed E-state index contributed by atoms with van der Waals surface area (Å²) in [5, 5.41) is 2.91. The zero-order valence-corrected chi connectivity index (χ0v) is 16.0. The van der Waals surface area contributed by atoms with Crippen LogP contribution < -0.4 is 15.0 Å². The number of anilines is 1. The maximum atomic E-state index is 13.4. The Labute approximate surface area is 163 Å². The molecule has 2 aromatic rings. The number of ether oxygens (including phenoxy) is 1. The molecule has 1 aliphatic rings. The van der Waals surface area contributed by atoms with Crippen LogP contribution in [0.1, 0.15) is 17.5 Å². The van der Waals surface area contributed by atoms with Crippen LogP contribution in [0.5, 0.6) is 5.75 Å². The van der Waals surface area contributed by atoms with E-state index < -0.39 is 11.6 Å². The third kappa shape index (κ3) is 4.88. The van der Waals surface area contributed by atoms with Gasteiger partial charge in [0.05, 0.1) is 7.11 Å². The lowest BCUT2D eigenvalue weighted by molar-refractivity contribution is -0.116. The van der Waals surface area contributed by atoms with E-state index in [1.807, 2.05) is 30.0 Å². The minimum Gasteiger partial charge on any atom is -0.496 e. The van der Waals surface area contributed by atoms with Crippen LogP contribution in [0.3, 0.4) is 0 Å². The molecule has 4 nitrogen and oxygen atoms in total. The van der Waals surface area contributed by atoms with E-state index in [1.54, 1.807) is 19.3 Å². The Bertz CT molecular complexity index is 883. The summed E-state index contributed by atoms with van der Waals surface area (Å²) in [5.41, 5.74) is 2.60. The molecule has 1 fully saturated rings. The summed E-state index contributed by atoms with van der Waals surface area (Å²) in [5.74, 6) is -0.879. The second kappa shape index (κ2) is 8.87. The van der Waals surface area contributed by atoms with Gasteiger partial charge in [0.25, 0.3) is 0 Å². The molecule has 1 N–H and O–H groups in total. The number of hydrogen-bond acceptors (Lipinski definition) is 3. The number of aryl methyl sites for hydroxylation is 1. The van der Waals surface area contributed by atoms with Crippen molar-refractivity contribution in [3.63, 3.8) is 0 Å². The molecule has 0 saturated carbocycles. The first-order valence-corrected chi connectivity index (χ1v) is 9.27. The van der Waals surface area contributed by atoms with E-state index in [9.17, 15) is 13.6 Å². The van der Waals surface area contributed by atoms with Crippen molar-refractivity contribution < 1.29 is 18.3 Å². The van der Waals surface area contributed by atoms with Crippen LogP contribution in [0.25, 0.3) is 6.08 Å². The lowest BCUT2D eigenvalue weighted by atomic mass is 10.1. The molecule has 0 aliphatic carbocycles. The summed E-state index contributed by atoms with van der Waals surface area (Å²) in [6.07, 6.45) is 4.12. The van der Waals surface area contributed by atoms with Gasteiger partial charge in [-0.3, -0.25) is 4.79 Å². The maximum absolute atomic E-state index is 13.4. The number of methoxy groups -OCH3 is 1. The van der Waals surface area contributed by atoms with Crippen LogP contribution in [0.15, 0.2) is 42.5 Å². The monoisotopic (exact) mass is 386 g/mol. The third-order valence-electron chi connectivity index (χ3n) is 4.92. The van der Waals surface area contributed by atoms with Crippen molar-refractivity contribution in [2.75, 3.05) is 31.6 Å². The maximum Gasteiger partial charge on any atom is 0.244 e. The van der Waals surface area contributed by atoms with Gasteiger partial charge in [0.15, 0.2) is 11.6 Å². The third-order valence-corrected chi connectivity index (χ3v) is 4.92. The van der Waals surface area contributed by atoms with Gasteiger partial charge in [-0.05, 0) is 49.6 Å². The molecule has 1 amide bonds. The Balaban J connectivity index is 1.51. The lowest BCUT2D eigenvalue weighted by Gasteiger charge is -2.19. The molecule has 0 aromatic heterocycles. The normalized spacial score (nSPS) is 16.6. The molecule has 3 rings (SSSR count). The van der Waals surface area contributed by atoms with E-state index in [-0.39, 0.29) is 11.8 Å². The number of hydrogen-bond donors (Lipinski definition) is 1. The standard InChI is InChI=1S/C22H24F2N2O2/c1-15-3-7-21(28-2)17(11-15)4-8-22(27)25-13-16-9-10-26(14-16)18-5-6-19(23)20(24)12-18/h3-8,11-12,16H,9-10,13-14H2,1-2H3,(H,25,27)/b8-4+. The first kappa shape index (κ1) is 19.9. The highest BCUT2D eigenvalue weighted by Crippen LogP contribution is 2.25. The lowest BCUT2D eigenvalue weighted by Crippen LogP contribution is -2.29. The van der Waals surface area contributed by atoms with Crippen molar-refractivity contribution >= 4 is 17.7 Å². The van der Waals surface area contributed by atoms with Crippen molar-refractivity contribution in [3.05, 3.63) is 65.2 Å². The van der Waals surface area contributed by atoms with Gasteiger partial charge in [0.1, 0.15) is 5.75 Å². The average Bonchev–Trinajstić information content (AvgIpc) is 3.16. The number of amides is 1. The number of benzene rings is 2. The predicted molar refractivity (Wildman–Crippen MR) is 106 cm³/mol. The Morgan fingerprint density at radius 1 is 1.25 bits per heavy atom. The van der Waals surface area contributed by atoms with E-state index in [2.05, 4.69) is 5.32 Å². The minimum atomic E-state index is -0.844. The number of rotatable bonds is 6. The highest BCUT2D eigenvalue weighted by molar-refractivity contribution is 5.92. The molecular weight excluding hydrogens is 362 g/mol. The van der Waals surface area contributed by atoms with Crippen LogP contribution in [0.2, 0.25) is 0 Å². The van der Waals surface area contributed by atoms with Gasteiger partial charge >= 0.3 is 0 Å². The van der Waals surface area contributed by atoms with E-state index in [0.29, 0.717) is 24.5 Å². The van der Waals surface area contributed by atoms with Crippen LogP contribution in [-0.4, -0.2) is 32.7 Å². The number of carbonyl (C=O) groups is 1. The molecule has 0 bridgehead atoms. The van der Waals surface area contributed by atoms with Crippen molar-refractivity contribution in [2.24, 2.45) is 5.92 Å². The van der Waals surface area contributed by atoms with Gasteiger partial charge in [0, 0.05) is 43.0 Å². The molecule has 1 aliphatic heterocycles. The topological polar surface area (TPSA) is 41.6 Å². The number of nitrogens with one attached hydrogen (secondary N) is 1. The van der Waals surface area contributed by atoms with Crippen LogP contribution in [0.4, 0.5) is 14.5 Å². The van der Waals surface area contributed by atoms with Crippen molar-refractivity contribution in [1.82, 2.24) is 5.32 Å². The highest BCUT2D eigenvalue weighted by atomic mass is 19.2. The predicted octanol–water partition coefficient (Wildman–Crippen LogP) is 3.94. The number of carbonyl (C=O) groups excluding carboxylic acids is 1. The zero-order chi connectivity index (χ0) is 20.1. The first-order valence-electron chi connectivity index (χ1n) is 9.27. The largest absolute Gasteiger partial charge is 0.496 e. The van der Waals surface area contributed by atoms with Crippen molar-refractivity contribution in [2.45, 2.75) is 13.3 Å². The highest BCUT2D eigenvalue weighted by Gasteiger charge is 2.23. The first-order chi connectivity index (χ1) is 13.5. The molecule has 0 radical (unpaired) electrons. The summed E-state index contributed by atoms with van der Waals surface area (Å²) in [7, 11) is 1.60. The molecule has 148 valence electrons.